The third-order valence-corrected chi connectivity index (χ3v) is 5.35. The predicted molar refractivity (Wildman–Crippen MR) is 88.4 cm³/mol. The standard InChI is InChI=1S/C15H17N3O2S2/c1-20-12-6-4-11(5-7-12)14-16-15(22-17-14)21-10-13(19)18-8-2-3-9-18/h4-7H,2-3,8-10H2,1H3. The number of likely N-dealkylation sites (tertiary alicyclic amines) is 1. The summed E-state index contributed by atoms with van der Waals surface area (Å²) in [7, 11) is 1.64. The van der Waals surface area contributed by atoms with Gasteiger partial charge in [0.25, 0.3) is 0 Å². The van der Waals surface area contributed by atoms with E-state index < -0.39 is 0 Å². The average molecular weight is 335 g/mol. The molecule has 3 rings (SSSR count). The van der Waals surface area contributed by atoms with E-state index in [1.165, 1.54) is 23.3 Å². The van der Waals surface area contributed by atoms with Gasteiger partial charge in [-0.15, -0.1) is 0 Å². The van der Waals surface area contributed by atoms with Crippen LogP contribution in [0.5, 0.6) is 5.75 Å². The SMILES string of the molecule is COc1ccc(-c2nsc(SCC(=O)N3CCCC3)n2)cc1. The number of ether oxygens (including phenoxy) is 1. The van der Waals surface area contributed by atoms with Gasteiger partial charge in [-0.1, -0.05) is 11.8 Å². The maximum Gasteiger partial charge on any atom is 0.233 e. The lowest BCUT2D eigenvalue weighted by atomic mass is 10.2. The number of aromatic nitrogens is 2. The van der Waals surface area contributed by atoms with Crippen molar-refractivity contribution in [1.82, 2.24) is 14.3 Å². The maximum atomic E-state index is 12.0. The van der Waals surface area contributed by atoms with Crippen LogP contribution in [0.1, 0.15) is 12.8 Å². The first-order valence-corrected chi connectivity index (χ1v) is 8.91. The number of carbonyl (C=O) groups is 1. The fraction of sp³-hybridized carbons (Fsp3) is 0.400. The van der Waals surface area contributed by atoms with Crippen LogP contribution in [-0.4, -0.2) is 46.1 Å². The van der Waals surface area contributed by atoms with E-state index >= 15 is 0 Å². The second-order valence-electron chi connectivity index (χ2n) is 4.99. The van der Waals surface area contributed by atoms with Gasteiger partial charge in [0, 0.05) is 18.7 Å². The molecule has 0 N–H and O–H groups in total. The van der Waals surface area contributed by atoms with Gasteiger partial charge in [-0.25, -0.2) is 4.98 Å². The number of carbonyl (C=O) groups excluding carboxylic acids is 1. The van der Waals surface area contributed by atoms with Crippen LogP contribution in [0.3, 0.4) is 0 Å². The van der Waals surface area contributed by atoms with Gasteiger partial charge >= 0.3 is 0 Å². The Bertz CT molecular complexity index is 636. The predicted octanol–water partition coefficient (Wildman–Crippen LogP) is 2.93. The number of methoxy groups -OCH3 is 1. The third kappa shape index (κ3) is 3.59. The van der Waals surface area contributed by atoms with Crippen LogP contribution in [0.15, 0.2) is 28.6 Å². The molecule has 0 saturated carbocycles. The quantitative estimate of drug-likeness (QED) is 0.786. The van der Waals surface area contributed by atoms with Crippen LogP contribution >= 0.6 is 23.3 Å². The van der Waals surface area contributed by atoms with E-state index in [9.17, 15) is 4.79 Å². The topological polar surface area (TPSA) is 55.3 Å². The van der Waals surface area contributed by atoms with Gasteiger partial charge in [0.05, 0.1) is 12.9 Å². The zero-order valence-corrected chi connectivity index (χ0v) is 14.0. The Morgan fingerprint density at radius 1 is 1.32 bits per heavy atom. The molecule has 116 valence electrons. The summed E-state index contributed by atoms with van der Waals surface area (Å²) in [6, 6.07) is 7.65. The van der Waals surface area contributed by atoms with Crippen molar-refractivity contribution in [2.24, 2.45) is 0 Å². The zero-order valence-electron chi connectivity index (χ0n) is 12.3. The average Bonchev–Trinajstić information content (AvgIpc) is 3.24. The molecule has 0 unspecified atom stereocenters. The monoisotopic (exact) mass is 335 g/mol. The van der Waals surface area contributed by atoms with Crippen LogP contribution in [-0.2, 0) is 4.79 Å². The van der Waals surface area contributed by atoms with Crippen LogP contribution < -0.4 is 4.74 Å². The van der Waals surface area contributed by atoms with E-state index in [-0.39, 0.29) is 5.91 Å². The summed E-state index contributed by atoms with van der Waals surface area (Å²) < 4.78 is 10.3. The van der Waals surface area contributed by atoms with Crippen LogP contribution in [0.4, 0.5) is 0 Å². The van der Waals surface area contributed by atoms with Gasteiger partial charge in [-0.3, -0.25) is 4.79 Å². The van der Waals surface area contributed by atoms with Crippen molar-refractivity contribution in [3.63, 3.8) is 0 Å². The summed E-state index contributed by atoms with van der Waals surface area (Å²) in [5.41, 5.74) is 0.953. The van der Waals surface area contributed by atoms with Crippen molar-refractivity contribution < 1.29 is 9.53 Å². The van der Waals surface area contributed by atoms with E-state index in [1.54, 1.807) is 7.11 Å². The molecule has 0 radical (unpaired) electrons. The fourth-order valence-corrected chi connectivity index (χ4v) is 3.82. The molecule has 1 fully saturated rings. The lowest BCUT2D eigenvalue weighted by molar-refractivity contribution is -0.127. The van der Waals surface area contributed by atoms with Gasteiger partial charge in [0.2, 0.25) is 5.91 Å². The number of amides is 1. The number of thioether (sulfide) groups is 1. The molecule has 22 heavy (non-hydrogen) atoms. The largest absolute Gasteiger partial charge is 0.497 e. The van der Waals surface area contributed by atoms with E-state index in [2.05, 4.69) is 9.36 Å². The van der Waals surface area contributed by atoms with E-state index in [4.69, 9.17) is 4.74 Å². The Labute approximate surface area is 137 Å². The number of benzene rings is 1. The molecule has 1 aromatic carbocycles. The summed E-state index contributed by atoms with van der Waals surface area (Å²) in [6.07, 6.45) is 2.24. The Kier molecular flexibility index (Phi) is 4.94. The molecule has 7 heteroatoms. The first-order valence-electron chi connectivity index (χ1n) is 7.15. The Hall–Kier alpha value is -1.60. The lowest BCUT2D eigenvalue weighted by Gasteiger charge is -2.13. The molecule has 0 aliphatic carbocycles. The number of nitrogens with zero attached hydrogens (tertiary/aromatic N) is 3. The number of rotatable bonds is 5. The third-order valence-electron chi connectivity index (χ3n) is 3.53. The molecule has 2 heterocycles. The maximum absolute atomic E-state index is 12.0. The van der Waals surface area contributed by atoms with Crippen molar-refractivity contribution in [1.29, 1.82) is 0 Å². The minimum Gasteiger partial charge on any atom is -0.497 e. The molecule has 1 aromatic heterocycles. The first-order chi connectivity index (χ1) is 10.8. The molecule has 1 amide bonds. The lowest BCUT2D eigenvalue weighted by Crippen LogP contribution is -2.29. The molecule has 2 aromatic rings. The normalized spacial score (nSPS) is 14.3. The van der Waals surface area contributed by atoms with Gasteiger partial charge < -0.3 is 9.64 Å². The van der Waals surface area contributed by atoms with Crippen molar-refractivity contribution in [2.45, 2.75) is 17.2 Å². The molecule has 1 saturated heterocycles. The molecule has 0 atom stereocenters. The number of hydrogen-bond acceptors (Lipinski definition) is 6. The van der Waals surface area contributed by atoms with Crippen molar-refractivity contribution in [3.8, 4) is 17.1 Å². The zero-order chi connectivity index (χ0) is 15.4. The minimum atomic E-state index is 0.198. The smallest absolute Gasteiger partial charge is 0.233 e. The van der Waals surface area contributed by atoms with Crippen LogP contribution in [0.25, 0.3) is 11.4 Å². The second kappa shape index (κ2) is 7.11. The molecular weight excluding hydrogens is 318 g/mol. The Morgan fingerprint density at radius 3 is 2.73 bits per heavy atom. The van der Waals surface area contributed by atoms with Gasteiger partial charge in [-0.05, 0) is 48.6 Å². The highest BCUT2D eigenvalue weighted by atomic mass is 32.2. The van der Waals surface area contributed by atoms with Crippen molar-refractivity contribution in [2.75, 3.05) is 26.0 Å². The molecule has 0 spiro atoms. The molecule has 0 bridgehead atoms. The summed E-state index contributed by atoms with van der Waals surface area (Å²) in [5, 5.41) is 0. The molecule has 1 aliphatic rings. The van der Waals surface area contributed by atoms with E-state index in [0.717, 1.165) is 41.6 Å². The summed E-state index contributed by atoms with van der Waals surface area (Å²) in [6.45, 7) is 1.79. The highest BCUT2D eigenvalue weighted by Gasteiger charge is 2.18. The van der Waals surface area contributed by atoms with E-state index in [1.807, 2.05) is 29.2 Å². The second-order valence-corrected chi connectivity index (χ2v) is 6.96. The molecular formula is C15H17N3O2S2. The first kappa shape index (κ1) is 15.3. The van der Waals surface area contributed by atoms with Gasteiger partial charge in [0.1, 0.15) is 5.75 Å². The van der Waals surface area contributed by atoms with E-state index in [0.29, 0.717) is 11.6 Å². The molecule has 1 aliphatic heterocycles. The minimum absolute atomic E-state index is 0.198. The highest BCUT2D eigenvalue weighted by Crippen LogP contribution is 2.26. The van der Waals surface area contributed by atoms with Crippen molar-refractivity contribution in [3.05, 3.63) is 24.3 Å². The Morgan fingerprint density at radius 2 is 2.05 bits per heavy atom. The number of hydrogen-bond donors (Lipinski definition) is 0. The van der Waals surface area contributed by atoms with Crippen LogP contribution in [0, 0.1) is 0 Å². The molecule has 5 nitrogen and oxygen atoms in total. The van der Waals surface area contributed by atoms with Crippen LogP contribution in [0.2, 0.25) is 0 Å². The summed E-state index contributed by atoms with van der Waals surface area (Å²) in [4.78, 5) is 18.4. The fourth-order valence-electron chi connectivity index (χ4n) is 2.31. The van der Waals surface area contributed by atoms with Gasteiger partial charge in [-0.2, -0.15) is 4.37 Å². The highest BCUT2D eigenvalue weighted by molar-refractivity contribution is 8.01. The van der Waals surface area contributed by atoms with Gasteiger partial charge in [0.15, 0.2) is 10.2 Å². The summed E-state index contributed by atoms with van der Waals surface area (Å²) >= 11 is 2.81. The summed E-state index contributed by atoms with van der Waals surface area (Å²) in [5.74, 6) is 2.15. The van der Waals surface area contributed by atoms with Crippen molar-refractivity contribution >= 4 is 29.2 Å². The Balaban J connectivity index is 1.59.